The molecule has 4 fully saturated rings. The van der Waals surface area contributed by atoms with Gasteiger partial charge in [0.2, 0.25) is 11.8 Å². The number of piperidine rings is 1. The number of anilines is 1. The van der Waals surface area contributed by atoms with Crippen molar-refractivity contribution in [2.24, 2.45) is 23.7 Å². The van der Waals surface area contributed by atoms with Crippen LogP contribution in [-0.4, -0.2) is 28.8 Å². The van der Waals surface area contributed by atoms with Crippen LogP contribution in [0, 0.1) is 30.6 Å². The van der Waals surface area contributed by atoms with E-state index in [4.69, 9.17) is 0 Å². The first-order valence-corrected chi connectivity index (χ1v) is 10.0. The van der Waals surface area contributed by atoms with Gasteiger partial charge in [0.1, 0.15) is 6.04 Å². The summed E-state index contributed by atoms with van der Waals surface area (Å²) < 4.78 is 38.5. The average Bonchev–Trinajstić information content (AvgIpc) is 3.48. The number of aryl methyl sites for hydroxylation is 1. The van der Waals surface area contributed by atoms with Gasteiger partial charge in [-0.3, -0.25) is 9.59 Å². The van der Waals surface area contributed by atoms with Crippen LogP contribution in [0.3, 0.4) is 0 Å². The van der Waals surface area contributed by atoms with Gasteiger partial charge in [-0.2, -0.15) is 13.2 Å². The summed E-state index contributed by atoms with van der Waals surface area (Å²) in [5.41, 5.74) is -0.00443. The molecule has 4 nitrogen and oxygen atoms in total. The number of hydrogen-bond donors (Lipinski definition) is 1. The molecule has 1 N–H and O–H groups in total. The molecule has 0 spiro atoms. The SMILES string of the molecule is Cc1cc(C(F)(F)F)ccc1NC(=O)[C@@H]1C[C@@H]2C[C@@H]2N1C(=O)[C@@H]1C[C@@H]1C1CC1. The molecule has 4 aliphatic rings. The van der Waals surface area contributed by atoms with E-state index in [0.717, 1.165) is 25.0 Å². The second kappa shape index (κ2) is 5.97. The zero-order chi connectivity index (χ0) is 19.8. The van der Waals surface area contributed by atoms with E-state index in [2.05, 4.69) is 5.32 Å². The van der Waals surface area contributed by atoms with E-state index in [0.29, 0.717) is 35.4 Å². The Hall–Kier alpha value is -2.05. The van der Waals surface area contributed by atoms with Crippen molar-refractivity contribution in [3.63, 3.8) is 0 Å². The van der Waals surface area contributed by atoms with E-state index in [1.165, 1.54) is 18.9 Å². The average molecular weight is 392 g/mol. The number of halogens is 3. The predicted molar refractivity (Wildman–Crippen MR) is 96.3 cm³/mol. The molecule has 0 unspecified atom stereocenters. The van der Waals surface area contributed by atoms with Crippen LogP contribution in [0.5, 0.6) is 0 Å². The maximum atomic E-state index is 13.0. The summed E-state index contributed by atoms with van der Waals surface area (Å²) in [6, 6.07) is 2.98. The molecule has 150 valence electrons. The van der Waals surface area contributed by atoms with E-state index < -0.39 is 17.8 Å². The number of amides is 2. The summed E-state index contributed by atoms with van der Waals surface area (Å²) in [5.74, 6) is 1.51. The van der Waals surface area contributed by atoms with Crippen molar-refractivity contribution in [1.82, 2.24) is 4.90 Å². The molecule has 1 aromatic carbocycles. The molecule has 5 rings (SSSR count). The van der Waals surface area contributed by atoms with Crippen LogP contribution in [0.25, 0.3) is 0 Å². The number of nitrogens with one attached hydrogen (secondary N) is 1. The fraction of sp³-hybridized carbons (Fsp3) is 0.619. The Bertz CT molecular complexity index is 849. The lowest BCUT2D eigenvalue weighted by Gasteiger charge is -2.27. The maximum Gasteiger partial charge on any atom is 0.416 e. The second-order valence-electron chi connectivity index (χ2n) is 8.92. The van der Waals surface area contributed by atoms with Gasteiger partial charge in [0.25, 0.3) is 0 Å². The molecule has 1 saturated heterocycles. The van der Waals surface area contributed by atoms with Gasteiger partial charge >= 0.3 is 6.18 Å². The van der Waals surface area contributed by atoms with E-state index >= 15 is 0 Å². The molecule has 1 aliphatic heterocycles. The summed E-state index contributed by atoms with van der Waals surface area (Å²) in [6.07, 6.45) is 0.600. The number of carbonyl (C=O) groups is 2. The second-order valence-corrected chi connectivity index (χ2v) is 8.92. The first-order chi connectivity index (χ1) is 13.2. The highest BCUT2D eigenvalue weighted by molar-refractivity contribution is 5.99. The Morgan fingerprint density at radius 2 is 1.86 bits per heavy atom. The van der Waals surface area contributed by atoms with Crippen molar-refractivity contribution in [3.05, 3.63) is 29.3 Å². The lowest BCUT2D eigenvalue weighted by molar-refractivity contribution is -0.139. The van der Waals surface area contributed by atoms with Crippen molar-refractivity contribution in [1.29, 1.82) is 0 Å². The molecule has 1 aromatic rings. The monoisotopic (exact) mass is 392 g/mol. The first-order valence-electron chi connectivity index (χ1n) is 10.0. The number of rotatable bonds is 4. The summed E-state index contributed by atoms with van der Waals surface area (Å²) in [7, 11) is 0. The van der Waals surface area contributed by atoms with Crippen molar-refractivity contribution in [2.45, 2.75) is 57.3 Å². The molecular formula is C21H23F3N2O2. The number of likely N-dealkylation sites (tertiary alicyclic amines) is 1. The molecule has 28 heavy (non-hydrogen) atoms. The minimum Gasteiger partial charge on any atom is -0.327 e. The van der Waals surface area contributed by atoms with Gasteiger partial charge in [-0.15, -0.1) is 0 Å². The third-order valence-electron chi connectivity index (χ3n) is 6.86. The van der Waals surface area contributed by atoms with Gasteiger partial charge in [-0.1, -0.05) is 0 Å². The van der Waals surface area contributed by atoms with Gasteiger partial charge in [0.05, 0.1) is 5.56 Å². The Balaban J connectivity index is 1.29. The fourth-order valence-electron chi connectivity index (χ4n) is 4.94. The van der Waals surface area contributed by atoms with Crippen LogP contribution in [0.4, 0.5) is 18.9 Å². The highest BCUT2D eigenvalue weighted by Gasteiger charge is 2.60. The van der Waals surface area contributed by atoms with Gasteiger partial charge in [0.15, 0.2) is 0 Å². The molecule has 0 aromatic heterocycles. The number of nitrogens with zero attached hydrogens (tertiary/aromatic N) is 1. The van der Waals surface area contributed by atoms with E-state index in [-0.39, 0.29) is 23.8 Å². The van der Waals surface area contributed by atoms with Crippen molar-refractivity contribution < 1.29 is 22.8 Å². The number of alkyl halides is 3. The van der Waals surface area contributed by atoms with E-state index in [1.807, 2.05) is 0 Å². The molecular weight excluding hydrogens is 369 g/mol. The predicted octanol–water partition coefficient (Wildman–Crippen LogP) is 3.99. The molecule has 1 heterocycles. The van der Waals surface area contributed by atoms with Crippen LogP contribution < -0.4 is 5.32 Å². The van der Waals surface area contributed by atoms with Crippen molar-refractivity contribution in [2.75, 3.05) is 5.32 Å². The van der Waals surface area contributed by atoms with Crippen LogP contribution in [0.1, 0.15) is 43.2 Å². The van der Waals surface area contributed by atoms with Crippen LogP contribution >= 0.6 is 0 Å². The van der Waals surface area contributed by atoms with Crippen molar-refractivity contribution in [3.8, 4) is 0 Å². The zero-order valence-electron chi connectivity index (χ0n) is 15.6. The summed E-state index contributed by atoms with van der Waals surface area (Å²) >= 11 is 0. The smallest absolute Gasteiger partial charge is 0.327 e. The van der Waals surface area contributed by atoms with Crippen LogP contribution in [0.2, 0.25) is 0 Å². The molecule has 3 saturated carbocycles. The fourth-order valence-corrected chi connectivity index (χ4v) is 4.94. The number of benzene rings is 1. The summed E-state index contributed by atoms with van der Waals surface area (Å²) in [4.78, 5) is 27.7. The first kappa shape index (κ1) is 18.0. The van der Waals surface area contributed by atoms with Gasteiger partial charge in [0, 0.05) is 17.6 Å². The quantitative estimate of drug-likeness (QED) is 0.842. The lowest BCUT2D eigenvalue weighted by atomic mass is 10.1. The topological polar surface area (TPSA) is 49.4 Å². The molecule has 7 heteroatoms. The standard InChI is InChI=1S/C21H23F3N2O2/c1-10-6-13(21(22,23)24)4-5-16(10)25-19(27)18-8-12-7-17(12)26(18)20(28)15-9-14(15)11-2-3-11/h4-6,11-12,14-15,17-18H,2-3,7-9H2,1H3,(H,25,27)/t12-,14+,15+,17-,18-/m0/s1. The van der Waals surface area contributed by atoms with Crippen LogP contribution in [-0.2, 0) is 15.8 Å². The largest absolute Gasteiger partial charge is 0.416 e. The Kier molecular flexibility index (Phi) is 3.84. The van der Waals surface area contributed by atoms with Gasteiger partial charge in [-0.05, 0) is 80.5 Å². The highest BCUT2D eigenvalue weighted by atomic mass is 19.4. The molecule has 5 atom stereocenters. The van der Waals surface area contributed by atoms with Crippen LogP contribution in [0.15, 0.2) is 18.2 Å². The Labute approximate surface area is 161 Å². The lowest BCUT2D eigenvalue weighted by Crippen LogP contribution is -2.46. The molecule has 0 bridgehead atoms. The van der Waals surface area contributed by atoms with Crippen molar-refractivity contribution >= 4 is 17.5 Å². The third-order valence-corrected chi connectivity index (χ3v) is 6.86. The van der Waals surface area contributed by atoms with E-state index in [9.17, 15) is 22.8 Å². The molecule has 2 amide bonds. The number of fused-ring (bicyclic) bond motifs is 1. The zero-order valence-corrected chi connectivity index (χ0v) is 15.6. The molecule has 3 aliphatic carbocycles. The Morgan fingerprint density at radius 3 is 2.50 bits per heavy atom. The number of carbonyl (C=O) groups excluding carboxylic acids is 2. The van der Waals surface area contributed by atoms with Gasteiger partial charge in [-0.25, -0.2) is 0 Å². The normalized spacial score (nSPS) is 33.4. The van der Waals surface area contributed by atoms with Gasteiger partial charge < -0.3 is 10.2 Å². The maximum absolute atomic E-state index is 13.0. The summed E-state index contributed by atoms with van der Waals surface area (Å²) in [5, 5.41) is 2.76. The minimum atomic E-state index is -4.41. The minimum absolute atomic E-state index is 0.0787. The number of hydrogen-bond acceptors (Lipinski definition) is 2. The molecule has 0 radical (unpaired) electrons. The summed E-state index contributed by atoms with van der Waals surface area (Å²) in [6.45, 7) is 1.55. The highest BCUT2D eigenvalue weighted by Crippen LogP contribution is 2.57. The van der Waals surface area contributed by atoms with E-state index in [1.54, 1.807) is 11.8 Å². The third kappa shape index (κ3) is 3.08. The Morgan fingerprint density at radius 1 is 1.11 bits per heavy atom.